The first-order valence-corrected chi connectivity index (χ1v) is 8.27. The van der Waals surface area contributed by atoms with E-state index in [1.165, 1.54) is 6.42 Å². The van der Waals surface area contributed by atoms with Crippen molar-refractivity contribution in [1.29, 1.82) is 0 Å². The Bertz CT molecular complexity index is 560. The number of amidine groups is 1. The molecule has 128 valence electrons. The average molecular weight is 319 g/mol. The molecule has 23 heavy (non-hydrogen) atoms. The molecule has 2 fully saturated rings. The highest BCUT2D eigenvalue weighted by Crippen LogP contribution is 2.45. The van der Waals surface area contributed by atoms with Gasteiger partial charge in [0.2, 0.25) is 0 Å². The van der Waals surface area contributed by atoms with E-state index in [0.717, 1.165) is 49.8 Å². The molecule has 1 aromatic carbocycles. The van der Waals surface area contributed by atoms with Crippen molar-refractivity contribution in [1.82, 2.24) is 6.15 Å². The lowest BCUT2D eigenvalue weighted by Gasteiger charge is -2.49. The number of nitrogens with zero attached hydrogens (tertiary/aromatic N) is 1. The number of benzene rings is 1. The van der Waals surface area contributed by atoms with Gasteiger partial charge in [-0.25, -0.2) is 0 Å². The Morgan fingerprint density at radius 3 is 2.70 bits per heavy atom. The van der Waals surface area contributed by atoms with Crippen molar-refractivity contribution in [2.75, 3.05) is 5.32 Å². The zero-order chi connectivity index (χ0) is 15.6. The fourth-order valence-electron chi connectivity index (χ4n) is 4.21. The molecule has 1 unspecified atom stereocenters. The number of nitrogens with one attached hydrogen (secondary N) is 1. The largest absolute Gasteiger partial charge is 0.387 e. The van der Waals surface area contributed by atoms with Gasteiger partial charge in [0.05, 0.1) is 11.6 Å². The third-order valence-corrected chi connectivity index (χ3v) is 5.41. The van der Waals surface area contributed by atoms with Crippen molar-refractivity contribution < 1.29 is 5.11 Å². The Morgan fingerprint density at radius 1 is 1.17 bits per heavy atom. The fourth-order valence-corrected chi connectivity index (χ4v) is 4.21. The molecule has 6 heteroatoms. The number of fused-ring (bicyclic) bond motifs is 1. The van der Waals surface area contributed by atoms with Gasteiger partial charge in [0.25, 0.3) is 0 Å². The molecular formula is C17H29N5O. The van der Waals surface area contributed by atoms with Gasteiger partial charge in [0.1, 0.15) is 0 Å². The summed E-state index contributed by atoms with van der Waals surface area (Å²) in [5.74, 6) is 6.05. The second kappa shape index (κ2) is 7.19. The molecule has 0 spiro atoms. The van der Waals surface area contributed by atoms with E-state index in [-0.39, 0.29) is 12.2 Å². The molecule has 2 aliphatic carbocycles. The van der Waals surface area contributed by atoms with Crippen LogP contribution in [0.5, 0.6) is 0 Å². The first-order valence-electron chi connectivity index (χ1n) is 8.27. The summed E-state index contributed by atoms with van der Waals surface area (Å²) in [5.41, 5.74) is 6.99. The van der Waals surface area contributed by atoms with E-state index >= 15 is 0 Å². The topological polar surface area (TPSA) is 132 Å². The first kappa shape index (κ1) is 17.6. The minimum atomic E-state index is -0.599. The average Bonchev–Trinajstić information content (AvgIpc) is 2.55. The number of aliphatic hydroxyl groups is 1. The number of rotatable bonds is 3. The van der Waals surface area contributed by atoms with Gasteiger partial charge in [-0.2, -0.15) is 5.10 Å². The zero-order valence-corrected chi connectivity index (χ0v) is 13.7. The molecule has 0 amide bonds. The van der Waals surface area contributed by atoms with Crippen molar-refractivity contribution in [3.05, 3.63) is 29.8 Å². The number of hydrazone groups is 1. The molecule has 0 heterocycles. The van der Waals surface area contributed by atoms with Crippen LogP contribution in [0.2, 0.25) is 0 Å². The number of hydrogen-bond acceptors (Lipinski definition) is 5. The van der Waals surface area contributed by atoms with Gasteiger partial charge in [0, 0.05) is 11.3 Å². The van der Waals surface area contributed by atoms with Crippen LogP contribution in [0, 0.1) is 5.92 Å². The van der Waals surface area contributed by atoms with Crippen LogP contribution in [0.15, 0.2) is 29.4 Å². The predicted octanol–water partition coefficient (Wildman–Crippen LogP) is 2.31. The van der Waals surface area contributed by atoms with Crippen LogP contribution in [-0.2, 0) is 0 Å². The molecule has 9 N–H and O–H groups in total. The smallest absolute Gasteiger partial charge is 0.152 e. The second-order valence-corrected chi connectivity index (χ2v) is 6.62. The third-order valence-electron chi connectivity index (χ3n) is 5.41. The van der Waals surface area contributed by atoms with Crippen LogP contribution in [0.3, 0.4) is 0 Å². The lowest BCUT2D eigenvalue weighted by molar-refractivity contribution is -0.0835. The number of nitrogens with two attached hydrogens (primary N) is 2. The molecule has 2 saturated carbocycles. The van der Waals surface area contributed by atoms with E-state index < -0.39 is 5.60 Å². The maximum atomic E-state index is 11.3. The highest BCUT2D eigenvalue weighted by Gasteiger charge is 2.47. The molecule has 2 aliphatic rings. The van der Waals surface area contributed by atoms with E-state index in [4.69, 9.17) is 11.6 Å². The minimum Gasteiger partial charge on any atom is -0.387 e. The van der Waals surface area contributed by atoms with Crippen molar-refractivity contribution in [2.45, 2.75) is 56.6 Å². The Kier molecular flexibility index (Phi) is 5.49. The summed E-state index contributed by atoms with van der Waals surface area (Å²) in [4.78, 5) is 0. The lowest BCUT2D eigenvalue weighted by Crippen LogP contribution is -2.56. The van der Waals surface area contributed by atoms with E-state index in [1.807, 2.05) is 24.3 Å². The van der Waals surface area contributed by atoms with Crippen molar-refractivity contribution in [2.24, 2.45) is 22.6 Å². The second-order valence-electron chi connectivity index (χ2n) is 6.62. The van der Waals surface area contributed by atoms with E-state index in [1.54, 1.807) is 0 Å². The summed E-state index contributed by atoms with van der Waals surface area (Å²) < 4.78 is 0. The Hall–Kier alpha value is -1.79. The summed E-state index contributed by atoms with van der Waals surface area (Å²) in [6.07, 6.45) is 7.67. The summed E-state index contributed by atoms with van der Waals surface area (Å²) in [6.45, 7) is 0. The molecule has 0 saturated heterocycles. The van der Waals surface area contributed by atoms with Crippen LogP contribution in [-0.4, -0.2) is 22.6 Å². The minimum absolute atomic E-state index is 0. The van der Waals surface area contributed by atoms with Crippen LogP contribution in [0.25, 0.3) is 0 Å². The summed E-state index contributed by atoms with van der Waals surface area (Å²) in [6, 6.07) is 7.82. The predicted molar refractivity (Wildman–Crippen MR) is 94.5 cm³/mol. The lowest BCUT2D eigenvalue weighted by atomic mass is 9.65. The van der Waals surface area contributed by atoms with Crippen molar-refractivity contribution >= 4 is 11.5 Å². The maximum absolute atomic E-state index is 11.3. The van der Waals surface area contributed by atoms with Crippen LogP contribution < -0.4 is 23.0 Å². The normalized spacial score (nSPS) is 30.9. The highest BCUT2D eigenvalue weighted by molar-refractivity contribution is 6.02. The summed E-state index contributed by atoms with van der Waals surface area (Å²) >= 11 is 0. The van der Waals surface area contributed by atoms with E-state index in [2.05, 4.69) is 10.4 Å². The van der Waals surface area contributed by atoms with Crippen molar-refractivity contribution in [3.8, 4) is 0 Å². The molecular weight excluding hydrogens is 290 g/mol. The van der Waals surface area contributed by atoms with E-state index in [0.29, 0.717) is 11.8 Å². The van der Waals surface area contributed by atoms with Gasteiger partial charge in [0.15, 0.2) is 5.84 Å². The number of hydrogen-bond donors (Lipinski definition) is 5. The molecule has 3 rings (SSSR count). The SMILES string of the molecule is N.N/N=C(\N)c1ccccc1NC1CCC[C@H]2CCCC[C@]12O. The molecule has 0 aliphatic heterocycles. The maximum Gasteiger partial charge on any atom is 0.152 e. The highest BCUT2D eigenvalue weighted by atomic mass is 16.3. The van der Waals surface area contributed by atoms with Gasteiger partial charge < -0.3 is 28.2 Å². The van der Waals surface area contributed by atoms with Crippen molar-refractivity contribution in [3.63, 3.8) is 0 Å². The van der Waals surface area contributed by atoms with Gasteiger partial charge in [-0.1, -0.05) is 31.4 Å². The van der Waals surface area contributed by atoms with Gasteiger partial charge in [-0.05, 0) is 43.7 Å². The molecule has 6 nitrogen and oxygen atoms in total. The molecule has 3 atom stereocenters. The molecule has 0 aromatic heterocycles. The van der Waals surface area contributed by atoms with Gasteiger partial charge in [-0.3, -0.25) is 0 Å². The van der Waals surface area contributed by atoms with E-state index in [9.17, 15) is 5.11 Å². The third kappa shape index (κ3) is 3.28. The number of anilines is 1. The molecule has 0 bridgehead atoms. The van der Waals surface area contributed by atoms with Gasteiger partial charge >= 0.3 is 0 Å². The van der Waals surface area contributed by atoms with Crippen LogP contribution in [0.4, 0.5) is 5.69 Å². The molecule has 1 aromatic rings. The standard InChI is InChI=1S/C17H26N4O.H3N/c18-16(21-19)13-8-1-2-9-14(13)20-15-10-5-7-12-6-3-4-11-17(12,15)22;/h1-2,8-9,12,15,20,22H,3-7,10-11,19H2,(H2,18,21);1H3/t12-,15?,17-;/m1./s1. The van der Waals surface area contributed by atoms with Gasteiger partial charge in [-0.15, -0.1) is 0 Å². The number of para-hydroxylation sites is 1. The quantitative estimate of drug-likeness (QED) is 0.252. The Balaban J connectivity index is 0.00000192. The fraction of sp³-hybridized carbons (Fsp3) is 0.588. The first-order chi connectivity index (χ1) is 10.6. The summed E-state index contributed by atoms with van der Waals surface area (Å²) in [5, 5.41) is 18.4. The molecule has 0 radical (unpaired) electrons. The van der Waals surface area contributed by atoms with Crippen LogP contribution >= 0.6 is 0 Å². The zero-order valence-electron chi connectivity index (χ0n) is 13.7. The Labute approximate surface area is 137 Å². The van der Waals surface area contributed by atoms with Crippen LogP contribution in [0.1, 0.15) is 50.5 Å². The Morgan fingerprint density at radius 2 is 1.91 bits per heavy atom. The monoisotopic (exact) mass is 319 g/mol. The summed E-state index contributed by atoms with van der Waals surface area (Å²) in [7, 11) is 0.